The molecule has 0 bridgehead atoms. The van der Waals surface area contributed by atoms with Crippen LogP contribution in [0.4, 0.5) is 0 Å². The molecule has 0 N–H and O–H groups in total. The van der Waals surface area contributed by atoms with Crippen LogP contribution in [0.3, 0.4) is 0 Å². The van der Waals surface area contributed by atoms with E-state index in [0.717, 1.165) is 16.6 Å². The Kier molecular flexibility index (Phi) is 1.65. The third-order valence-electron chi connectivity index (χ3n) is 2.15. The van der Waals surface area contributed by atoms with Gasteiger partial charge in [-0.2, -0.15) is 0 Å². The summed E-state index contributed by atoms with van der Waals surface area (Å²) in [6, 6.07) is 5.69. The maximum Gasteiger partial charge on any atom is 0.254 e. The Morgan fingerprint density at radius 2 is 2.23 bits per heavy atom. The summed E-state index contributed by atoms with van der Waals surface area (Å²) in [5, 5.41) is 1.00. The Bertz CT molecular complexity index is 514. The molecule has 3 heteroatoms. The molecule has 0 aliphatic rings. The fourth-order valence-electron chi connectivity index (χ4n) is 1.46. The van der Waals surface area contributed by atoms with Crippen LogP contribution < -0.4 is 5.56 Å². The molecule has 0 fully saturated rings. The number of aryl methyl sites for hydroxylation is 2. The standard InChI is InChI=1S/C10H10N2O/c1-7-6-8-4-3-5-11-9(8)12(2)10(7)13/h3-6H,1-2H3. The van der Waals surface area contributed by atoms with Gasteiger partial charge in [-0.05, 0) is 25.1 Å². The molecule has 0 radical (unpaired) electrons. The molecule has 66 valence electrons. The van der Waals surface area contributed by atoms with Crippen LogP contribution in [0, 0.1) is 6.92 Å². The molecular weight excluding hydrogens is 164 g/mol. The van der Waals surface area contributed by atoms with Crippen LogP contribution in [0.5, 0.6) is 0 Å². The minimum absolute atomic E-state index is 0.0196. The second-order valence-corrected chi connectivity index (χ2v) is 3.11. The van der Waals surface area contributed by atoms with Crippen molar-refractivity contribution in [1.29, 1.82) is 0 Å². The van der Waals surface area contributed by atoms with Crippen molar-refractivity contribution in [2.24, 2.45) is 7.05 Å². The lowest BCUT2D eigenvalue weighted by Crippen LogP contribution is -2.19. The number of nitrogens with zero attached hydrogens (tertiary/aromatic N) is 2. The predicted molar refractivity (Wildman–Crippen MR) is 51.7 cm³/mol. The highest BCUT2D eigenvalue weighted by atomic mass is 16.1. The Labute approximate surface area is 75.7 Å². The van der Waals surface area contributed by atoms with E-state index in [1.165, 1.54) is 0 Å². The quantitative estimate of drug-likeness (QED) is 0.602. The lowest BCUT2D eigenvalue weighted by atomic mass is 10.2. The normalized spacial score (nSPS) is 10.6. The fourth-order valence-corrected chi connectivity index (χ4v) is 1.46. The van der Waals surface area contributed by atoms with Gasteiger partial charge in [0.05, 0.1) is 0 Å². The van der Waals surface area contributed by atoms with Crippen molar-refractivity contribution in [3.05, 3.63) is 40.3 Å². The third-order valence-corrected chi connectivity index (χ3v) is 2.15. The van der Waals surface area contributed by atoms with Gasteiger partial charge >= 0.3 is 0 Å². The van der Waals surface area contributed by atoms with Crippen molar-refractivity contribution in [3.63, 3.8) is 0 Å². The van der Waals surface area contributed by atoms with E-state index >= 15 is 0 Å². The molecule has 2 aromatic heterocycles. The van der Waals surface area contributed by atoms with E-state index in [2.05, 4.69) is 4.98 Å². The van der Waals surface area contributed by atoms with E-state index in [-0.39, 0.29) is 5.56 Å². The van der Waals surface area contributed by atoms with Gasteiger partial charge in [0.1, 0.15) is 5.65 Å². The molecule has 0 aliphatic heterocycles. The first-order chi connectivity index (χ1) is 6.20. The molecule has 0 unspecified atom stereocenters. The van der Waals surface area contributed by atoms with E-state index in [1.54, 1.807) is 17.8 Å². The Morgan fingerprint density at radius 3 is 3.00 bits per heavy atom. The largest absolute Gasteiger partial charge is 0.296 e. The first kappa shape index (κ1) is 7.98. The van der Waals surface area contributed by atoms with Gasteiger partial charge in [-0.25, -0.2) is 4.98 Å². The molecule has 0 saturated carbocycles. The van der Waals surface area contributed by atoms with E-state index in [4.69, 9.17) is 0 Å². The summed E-state index contributed by atoms with van der Waals surface area (Å²) in [5.74, 6) is 0. The molecule has 0 atom stereocenters. The highest BCUT2D eigenvalue weighted by molar-refractivity contribution is 5.75. The molecule has 0 aromatic carbocycles. The Hall–Kier alpha value is -1.64. The van der Waals surface area contributed by atoms with Crippen LogP contribution >= 0.6 is 0 Å². The van der Waals surface area contributed by atoms with Crippen LogP contribution in [0.25, 0.3) is 11.0 Å². The number of aromatic nitrogens is 2. The van der Waals surface area contributed by atoms with Gasteiger partial charge in [0, 0.05) is 24.2 Å². The molecule has 2 rings (SSSR count). The van der Waals surface area contributed by atoms with Crippen LogP contribution in [-0.2, 0) is 7.05 Å². The molecule has 13 heavy (non-hydrogen) atoms. The van der Waals surface area contributed by atoms with E-state index in [0.29, 0.717) is 0 Å². The molecular formula is C10H10N2O. The Balaban J connectivity index is 3.02. The summed E-state index contributed by atoms with van der Waals surface area (Å²) < 4.78 is 1.57. The minimum atomic E-state index is 0.0196. The molecule has 0 spiro atoms. The topological polar surface area (TPSA) is 34.9 Å². The van der Waals surface area contributed by atoms with Crippen LogP contribution in [0.15, 0.2) is 29.2 Å². The summed E-state index contributed by atoms with van der Waals surface area (Å²) in [6.45, 7) is 1.81. The van der Waals surface area contributed by atoms with E-state index in [1.807, 2.05) is 25.1 Å². The van der Waals surface area contributed by atoms with Gasteiger partial charge in [-0.1, -0.05) is 0 Å². The van der Waals surface area contributed by atoms with Crippen LogP contribution in [0.2, 0.25) is 0 Å². The lowest BCUT2D eigenvalue weighted by molar-refractivity contribution is 0.876. The van der Waals surface area contributed by atoms with Gasteiger partial charge in [0.2, 0.25) is 0 Å². The summed E-state index contributed by atoms with van der Waals surface area (Å²) in [4.78, 5) is 15.7. The molecule has 0 amide bonds. The monoisotopic (exact) mass is 174 g/mol. The van der Waals surface area contributed by atoms with Crippen molar-refractivity contribution in [2.45, 2.75) is 6.92 Å². The lowest BCUT2D eigenvalue weighted by Gasteiger charge is -2.03. The van der Waals surface area contributed by atoms with Crippen molar-refractivity contribution < 1.29 is 0 Å². The predicted octanol–water partition coefficient (Wildman–Crippen LogP) is 1.24. The number of hydrogen-bond donors (Lipinski definition) is 0. The van der Waals surface area contributed by atoms with Crippen molar-refractivity contribution in [1.82, 2.24) is 9.55 Å². The van der Waals surface area contributed by atoms with Gasteiger partial charge in [0.15, 0.2) is 0 Å². The van der Waals surface area contributed by atoms with E-state index < -0.39 is 0 Å². The number of fused-ring (bicyclic) bond motifs is 1. The molecule has 2 aromatic rings. The number of pyridine rings is 2. The Morgan fingerprint density at radius 1 is 1.46 bits per heavy atom. The third kappa shape index (κ3) is 1.13. The highest BCUT2D eigenvalue weighted by Crippen LogP contribution is 2.08. The fraction of sp³-hybridized carbons (Fsp3) is 0.200. The first-order valence-electron chi connectivity index (χ1n) is 4.11. The molecule has 0 aliphatic carbocycles. The summed E-state index contributed by atoms with van der Waals surface area (Å²) >= 11 is 0. The van der Waals surface area contributed by atoms with Gasteiger partial charge in [-0.3, -0.25) is 9.36 Å². The average Bonchev–Trinajstić information content (AvgIpc) is 2.15. The summed E-state index contributed by atoms with van der Waals surface area (Å²) in [7, 11) is 1.74. The zero-order valence-electron chi connectivity index (χ0n) is 7.61. The SMILES string of the molecule is Cc1cc2cccnc2n(C)c1=O. The van der Waals surface area contributed by atoms with Crippen molar-refractivity contribution >= 4 is 11.0 Å². The number of rotatable bonds is 0. The summed E-state index contributed by atoms with van der Waals surface area (Å²) in [5.41, 5.74) is 1.51. The second kappa shape index (κ2) is 2.69. The van der Waals surface area contributed by atoms with Gasteiger partial charge in [0.25, 0.3) is 5.56 Å². The molecule has 2 heterocycles. The van der Waals surface area contributed by atoms with Crippen LogP contribution in [-0.4, -0.2) is 9.55 Å². The molecule has 0 saturated heterocycles. The average molecular weight is 174 g/mol. The zero-order chi connectivity index (χ0) is 9.42. The minimum Gasteiger partial charge on any atom is -0.296 e. The maximum absolute atomic E-state index is 11.5. The van der Waals surface area contributed by atoms with Crippen molar-refractivity contribution in [3.8, 4) is 0 Å². The smallest absolute Gasteiger partial charge is 0.254 e. The zero-order valence-corrected chi connectivity index (χ0v) is 7.61. The van der Waals surface area contributed by atoms with Gasteiger partial charge in [-0.15, -0.1) is 0 Å². The first-order valence-corrected chi connectivity index (χ1v) is 4.11. The highest BCUT2D eigenvalue weighted by Gasteiger charge is 2.02. The van der Waals surface area contributed by atoms with E-state index in [9.17, 15) is 4.79 Å². The second-order valence-electron chi connectivity index (χ2n) is 3.11. The summed E-state index contributed by atoms with van der Waals surface area (Å²) in [6.07, 6.45) is 1.69. The maximum atomic E-state index is 11.5. The van der Waals surface area contributed by atoms with Gasteiger partial charge < -0.3 is 0 Å². The molecule has 3 nitrogen and oxygen atoms in total. The number of hydrogen-bond acceptors (Lipinski definition) is 2. The van der Waals surface area contributed by atoms with Crippen LogP contribution in [0.1, 0.15) is 5.56 Å². The van der Waals surface area contributed by atoms with Crippen molar-refractivity contribution in [2.75, 3.05) is 0 Å².